The predicted octanol–water partition coefficient (Wildman–Crippen LogP) is 2.07. The van der Waals surface area contributed by atoms with Crippen molar-refractivity contribution in [2.24, 2.45) is 23.7 Å². The van der Waals surface area contributed by atoms with Gasteiger partial charge in [-0.25, -0.2) is 0 Å². The third-order valence-corrected chi connectivity index (χ3v) is 6.37. The molecule has 0 aromatic carbocycles. The van der Waals surface area contributed by atoms with Crippen molar-refractivity contribution in [1.29, 1.82) is 0 Å². The summed E-state index contributed by atoms with van der Waals surface area (Å²) in [6, 6.07) is 0.955. The maximum Gasteiger partial charge on any atom is 0.221 e. The van der Waals surface area contributed by atoms with E-state index in [1.54, 1.807) is 0 Å². The van der Waals surface area contributed by atoms with Crippen LogP contribution in [0.4, 0.5) is 0 Å². The summed E-state index contributed by atoms with van der Waals surface area (Å²) in [5, 5.41) is 6.79. The van der Waals surface area contributed by atoms with Crippen LogP contribution in [-0.2, 0) is 4.79 Å². The van der Waals surface area contributed by atoms with Crippen molar-refractivity contribution in [3.05, 3.63) is 0 Å². The van der Waals surface area contributed by atoms with E-state index in [1.165, 1.54) is 44.9 Å². The largest absolute Gasteiger partial charge is 0.353 e. The maximum atomic E-state index is 12.2. The fourth-order valence-electron chi connectivity index (χ4n) is 5.65. The molecule has 4 rings (SSSR count). The van der Waals surface area contributed by atoms with Crippen molar-refractivity contribution in [1.82, 2.24) is 10.6 Å². The quantitative estimate of drug-likeness (QED) is 0.817. The molecule has 0 aromatic heterocycles. The first kappa shape index (κ1) is 12.2. The van der Waals surface area contributed by atoms with E-state index < -0.39 is 0 Å². The van der Waals surface area contributed by atoms with Gasteiger partial charge in [-0.2, -0.15) is 0 Å². The van der Waals surface area contributed by atoms with Gasteiger partial charge in [-0.15, -0.1) is 0 Å². The van der Waals surface area contributed by atoms with Crippen molar-refractivity contribution < 1.29 is 4.79 Å². The molecule has 0 radical (unpaired) electrons. The molecule has 19 heavy (non-hydrogen) atoms. The van der Waals surface area contributed by atoms with Gasteiger partial charge in [0.2, 0.25) is 5.91 Å². The molecule has 2 bridgehead atoms. The highest BCUT2D eigenvalue weighted by Gasteiger charge is 2.53. The average Bonchev–Trinajstić information content (AvgIpc) is 3.10. The molecule has 3 aliphatic carbocycles. The van der Waals surface area contributed by atoms with Crippen LogP contribution in [-0.4, -0.2) is 24.5 Å². The summed E-state index contributed by atoms with van der Waals surface area (Å²) in [5.74, 6) is 4.03. The van der Waals surface area contributed by atoms with Gasteiger partial charge >= 0.3 is 0 Å². The topological polar surface area (TPSA) is 41.1 Å². The average molecular weight is 262 g/mol. The highest BCUT2D eigenvalue weighted by molar-refractivity contribution is 5.77. The number of carbonyl (C=O) groups excluding carboxylic acids is 1. The summed E-state index contributed by atoms with van der Waals surface area (Å²) in [4.78, 5) is 12.2. The van der Waals surface area contributed by atoms with E-state index in [4.69, 9.17) is 0 Å². The lowest BCUT2D eigenvalue weighted by Gasteiger charge is -2.32. The fourth-order valence-corrected chi connectivity index (χ4v) is 5.65. The normalized spacial score (nSPS) is 47.6. The molecule has 6 unspecified atom stereocenters. The Morgan fingerprint density at radius 2 is 1.95 bits per heavy atom. The molecule has 1 amide bonds. The second kappa shape index (κ2) is 4.76. The van der Waals surface area contributed by atoms with Gasteiger partial charge in [-0.05, 0) is 68.7 Å². The lowest BCUT2D eigenvalue weighted by Crippen LogP contribution is -2.44. The van der Waals surface area contributed by atoms with Crippen LogP contribution >= 0.6 is 0 Å². The Morgan fingerprint density at radius 1 is 1.05 bits per heavy atom. The number of nitrogens with one attached hydrogen (secondary N) is 2. The van der Waals surface area contributed by atoms with E-state index in [1.807, 2.05) is 0 Å². The molecule has 2 N–H and O–H groups in total. The molecule has 1 heterocycles. The van der Waals surface area contributed by atoms with E-state index in [0.29, 0.717) is 24.4 Å². The van der Waals surface area contributed by atoms with Crippen LogP contribution < -0.4 is 10.6 Å². The standard InChI is InChI=1S/C16H26N2O/c19-16(9-11-3-2-6-17-11)18-15-8-10-7-14(15)13-5-1-4-12(10)13/h10-15,17H,1-9H2,(H,18,19). The lowest BCUT2D eigenvalue weighted by atomic mass is 9.79. The fraction of sp³-hybridized carbons (Fsp3) is 0.938. The van der Waals surface area contributed by atoms with Gasteiger partial charge in [0.25, 0.3) is 0 Å². The van der Waals surface area contributed by atoms with Crippen molar-refractivity contribution in [2.75, 3.05) is 6.54 Å². The van der Waals surface area contributed by atoms with E-state index >= 15 is 0 Å². The van der Waals surface area contributed by atoms with Crippen molar-refractivity contribution in [2.45, 2.75) is 63.5 Å². The number of amides is 1. The lowest BCUT2D eigenvalue weighted by molar-refractivity contribution is -0.122. The molecule has 6 atom stereocenters. The first-order valence-corrected chi connectivity index (χ1v) is 8.34. The van der Waals surface area contributed by atoms with Gasteiger partial charge in [0, 0.05) is 18.5 Å². The Hall–Kier alpha value is -0.570. The van der Waals surface area contributed by atoms with Crippen molar-refractivity contribution >= 4 is 5.91 Å². The third kappa shape index (κ3) is 2.10. The number of rotatable bonds is 3. The number of hydrogen-bond acceptors (Lipinski definition) is 2. The van der Waals surface area contributed by atoms with Gasteiger partial charge in [-0.3, -0.25) is 4.79 Å². The molecule has 4 fully saturated rings. The molecule has 3 saturated carbocycles. The highest BCUT2D eigenvalue weighted by Crippen LogP contribution is 2.58. The number of carbonyl (C=O) groups is 1. The summed E-state index contributed by atoms with van der Waals surface area (Å²) < 4.78 is 0. The molecular weight excluding hydrogens is 236 g/mol. The molecule has 106 valence electrons. The van der Waals surface area contributed by atoms with Crippen molar-refractivity contribution in [3.8, 4) is 0 Å². The number of fused-ring (bicyclic) bond motifs is 5. The molecule has 0 spiro atoms. The van der Waals surface area contributed by atoms with Crippen LogP contribution in [0, 0.1) is 23.7 Å². The summed E-state index contributed by atoms with van der Waals surface area (Å²) in [7, 11) is 0. The maximum absolute atomic E-state index is 12.2. The van der Waals surface area contributed by atoms with E-state index in [-0.39, 0.29) is 0 Å². The Labute approximate surface area is 115 Å². The van der Waals surface area contributed by atoms with E-state index in [2.05, 4.69) is 10.6 Å². The van der Waals surface area contributed by atoms with E-state index in [9.17, 15) is 4.79 Å². The molecule has 1 saturated heterocycles. The summed E-state index contributed by atoms with van der Waals surface area (Å²) in [6.45, 7) is 1.09. The van der Waals surface area contributed by atoms with Crippen LogP contribution in [0.2, 0.25) is 0 Å². The van der Waals surface area contributed by atoms with E-state index in [0.717, 1.165) is 30.2 Å². The van der Waals surface area contributed by atoms with Crippen LogP contribution in [0.3, 0.4) is 0 Å². The van der Waals surface area contributed by atoms with Crippen LogP contribution in [0.1, 0.15) is 51.4 Å². The minimum absolute atomic E-state index is 0.298. The Balaban J connectivity index is 1.33. The van der Waals surface area contributed by atoms with Gasteiger partial charge in [0.1, 0.15) is 0 Å². The zero-order valence-electron chi connectivity index (χ0n) is 11.7. The smallest absolute Gasteiger partial charge is 0.221 e. The van der Waals surface area contributed by atoms with Gasteiger partial charge in [0.15, 0.2) is 0 Å². The van der Waals surface area contributed by atoms with Crippen molar-refractivity contribution in [3.63, 3.8) is 0 Å². The zero-order chi connectivity index (χ0) is 12.8. The second-order valence-electron chi connectivity index (χ2n) is 7.33. The van der Waals surface area contributed by atoms with Crippen LogP contribution in [0.5, 0.6) is 0 Å². The van der Waals surface area contributed by atoms with Gasteiger partial charge < -0.3 is 10.6 Å². The molecule has 4 aliphatic rings. The Bertz CT molecular complexity index is 364. The molecular formula is C16H26N2O. The summed E-state index contributed by atoms with van der Waals surface area (Å²) >= 11 is 0. The summed E-state index contributed by atoms with van der Waals surface area (Å²) in [6.07, 6.45) is 10.1. The van der Waals surface area contributed by atoms with Crippen LogP contribution in [0.15, 0.2) is 0 Å². The van der Waals surface area contributed by atoms with Gasteiger partial charge in [-0.1, -0.05) is 6.42 Å². The monoisotopic (exact) mass is 262 g/mol. The third-order valence-electron chi connectivity index (χ3n) is 6.37. The van der Waals surface area contributed by atoms with Gasteiger partial charge in [0.05, 0.1) is 0 Å². The minimum atomic E-state index is 0.298. The SMILES string of the molecule is O=C(CC1CCCN1)NC1CC2CC1C1CCCC21. The first-order valence-electron chi connectivity index (χ1n) is 8.34. The molecule has 1 aliphatic heterocycles. The Morgan fingerprint density at radius 3 is 2.79 bits per heavy atom. The molecule has 0 aromatic rings. The zero-order valence-corrected chi connectivity index (χ0v) is 11.7. The number of hydrogen-bond donors (Lipinski definition) is 2. The first-order chi connectivity index (χ1) is 9.31. The second-order valence-corrected chi connectivity index (χ2v) is 7.33. The molecule has 3 nitrogen and oxygen atoms in total. The highest BCUT2D eigenvalue weighted by atomic mass is 16.1. The van der Waals surface area contributed by atoms with Crippen LogP contribution in [0.25, 0.3) is 0 Å². The summed E-state index contributed by atoms with van der Waals surface area (Å²) in [5.41, 5.74) is 0. The Kier molecular flexibility index (Phi) is 3.06. The predicted molar refractivity (Wildman–Crippen MR) is 74.6 cm³/mol. The molecule has 3 heteroatoms. The minimum Gasteiger partial charge on any atom is -0.353 e.